The molecule has 2 nitrogen and oxygen atoms in total. The van der Waals surface area contributed by atoms with E-state index in [1.807, 2.05) is 0 Å². The van der Waals surface area contributed by atoms with E-state index in [-0.39, 0.29) is 0 Å². The normalized spacial score (nSPS) is 23.8. The van der Waals surface area contributed by atoms with E-state index in [9.17, 15) is 0 Å². The molecule has 94 valence electrons. The highest BCUT2D eigenvalue weighted by Crippen LogP contribution is 2.32. The summed E-state index contributed by atoms with van der Waals surface area (Å²) in [5.74, 6) is 0. The number of nitrogens with zero attached hydrogens (tertiary/aromatic N) is 1. The van der Waals surface area contributed by atoms with Crippen molar-refractivity contribution in [3.63, 3.8) is 0 Å². The van der Waals surface area contributed by atoms with Crippen molar-refractivity contribution in [2.45, 2.75) is 38.8 Å². The molecule has 0 aromatic heterocycles. The van der Waals surface area contributed by atoms with E-state index < -0.39 is 0 Å². The lowest BCUT2D eigenvalue weighted by Gasteiger charge is -2.40. The number of nitrogens with one attached hydrogen (secondary N) is 1. The van der Waals surface area contributed by atoms with Crippen LogP contribution >= 0.6 is 0 Å². The summed E-state index contributed by atoms with van der Waals surface area (Å²) in [6.07, 6.45) is 2.49. The summed E-state index contributed by atoms with van der Waals surface area (Å²) in [6.45, 7) is 6.80. The van der Waals surface area contributed by atoms with Gasteiger partial charge in [0.05, 0.1) is 0 Å². The lowest BCUT2D eigenvalue weighted by atomic mass is 9.83. The van der Waals surface area contributed by atoms with E-state index in [2.05, 4.69) is 55.4 Å². The Bertz CT molecular complexity index is 358. The predicted octanol–water partition coefficient (Wildman–Crippen LogP) is 2.60. The van der Waals surface area contributed by atoms with Gasteiger partial charge in [-0.1, -0.05) is 38.1 Å². The highest BCUT2D eigenvalue weighted by Gasteiger charge is 2.30. The molecule has 17 heavy (non-hydrogen) atoms. The highest BCUT2D eigenvalue weighted by atomic mass is 15.2. The SMILES string of the molecule is CCN(CC)C1CCc2ccccc2C1NC. The summed E-state index contributed by atoms with van der Waals surface area (Å²) in [7, 11) is 2.09. The molecule has 1 aliphatic carbocycles. The fourth-order valence-corrected chi connectivity index (χ4v) is 3.18. The van der Waals surface area contributed by atoms with Gasteiger partial charge in [-0.05, 0) is 44.1 Å². The van der Waals surface area contributed by atoms with Gasteiger partial charge in [0.1, 0.15) is 0 Å². The highest BCUT2D eigenvalue weighted by molar-refractivity contribution is 5.33. The average Bonchev–Trinajstić information content (AvgIpc) is 2.39. The van der Waals surface area contributed by atoms with Crippen molar-refractivity contribution in [3.05, 3.63) is 35.4 Å². The standard InChI is InChI=1S/C15H24N2/c1-4-17(5-2)14-11-10-12-8-6-7-9-13(12)15(14)16-3/h6-9,14-16H,4-5,10-11H2,1-3H3. The molecule has 1 aromatic rings. The molecule has 0 bridgehead atoms. The minimum atomic E-state index is 0.486. The molecule has 2 atom stereocenters. The molecule has 0 heterocycles. The molecular weight excluding hydrogens is 208 g/mol. The number of aryl methyl sites for hydroxylation is 1. The molecule has 0 spiro atoms. The number of benzene rings is 1. The Kier molecular flexibility index (Phi) is 4.19. The van der Waals surface area contributed by atoms with Gasteiger partial charge in [0.25, 0.3) is 0 Å². The third-order valence-electron chi connectivity index (χ3n) is 4.08. The molecular formula is C15H24N2. The molecule has 0 saturated heterocycles. The molecule has 1 N–H and O–H groups in total. The first kappa shape index (κ1) is 12.6. The number of likely N-dealkylation sites (N-methyl/N-ethyl adjacent to an activating group) is 2. The van der Waals surface area contributed by atoms with Crippen LogP contribution in [-0.4, -0.2) is 31.1 Å². The molecule has 1 aliphatic rings. The van der Waals surface area contributed by atoms with E-state index >= 15 is 0 Å². The maximum atomic E-state index is 3.52. The van der Waals surface area contributed by atoms with Crippen LogP contribution < -0.4 is 5.32 Å². The fraction of sp³-hybridized carbons (Fsp3) is 0.600. The van der Waals surface area contributed by atoms with Crippen molar-refractivity contribution in [1.29, 1.82) is 0 Å². The van der Waals surface area contributed by atoms with Crippen molar-refractivity contribution in [1.82, 2.24) is 10.2 Å². The number of hydrogen-bond acceptors (Lipinski definition) is 2. The van der Waals surface area contributed by atoms with Gasteiger partial charge in [0.2, 0.25) is 0 Å². The van der Waals surface area contributed by atoms with Gasteiger partial charge < -0.3 is 5.32 Å². The van der Waals surface area contributed by atoms with E-state index in [1.54, 1.807) is 0 Å². The smallest absolute Gasteiger partial charge is 0.0478 e. The average molecular weight is 232 g/mol. The van der Waals surface area contributed by atoms with Crippen molar-refractivity contribution >= 4 is 0 Å². The van der Waals surface area contributed by atoms with Gasteiger partial charge in [-0.3, -0.25) is 4.90 Å². The second kappa shape index (κ2) is 5.65. The van der Waals surface area contributed by atoms with Crippen LogP contribution in [0.1, 0.15) is 37.4 Å². The first-order chi connectivity index (χ1) is 8.31. The Morgan fingerprint density at radius 2 is 1.94 bits per heavy atom. The van der Waals surface area contributed by atoms with E-state index in [0.29, 0.717) is 12.1 Å². The Labute approximate surface area is 105 Å². The van der Waals surface area contributed by atoms with Crippen molar-refractivity contribution in [3.8, 4) is 0 Å². The van der Waals surface area contributed by atoms with Crippen LogP contribution in [-0.2, 0) is 6.42 Å². The molecule has 0 aliphatic heterocycles. The van der Waals surface area contributed by atoms with Crippen molar-refractivity contribution < 1.29 is 0 Å². The second-order valence-corrected chi connectivity index (χ2v) is 4.79. The van der Waals surface area contributed by atoms with Crippen LogP contribution in [0.3, 0.4) is 0 Å². The van der Waals surface area contributed by atoms with E-state index in [0.717, 1.165) is 13.1 Å². The molecule has 2 unspecified atom stereocenters. The lowest BCUT2D eigenvalue weighted by molar-refractivity contribution is 0.158. The third-order valence-corrected chi connectivity index (χ3v) is 4.08. The Hall–Kier alpha value is -0.860. The van der Waals surface area contributed by atoms with E-state index in [4.69, 9.17) is 0 Å². The van der Waals surface area contributed by atoms with Crippen LogP contribution in [0, 0.1) is 0 Å². The first-order valence-electron chi connectivity index (χ1n) is 6.80. The van der Waals surface area contributed by atoms with Crippen molar-refractivity contribution in [2.75, 3.05) is 20.1 Å². The number of fused-ring (bicyclic) bond motifs is 1. The Morgan fingerprint density at radius 3 is 2.59 bits per heavy atom. The van der Waals surface area contributed by atoms with Crippen LogP contribution in [0.25, 0.3) is 0 Å². The summed E-state index contributed by atoms with van der Waals surface area (Å²) in [4.78, 5) is 2.58. The molecule has 1 aromatic carbocycles. The topological polar surface area (TPSA) is 15.3 Å². The largest absolute Gasteiger partial charge is 0.312 e. The van der Waals surface area contributed by atoms with Gasteiger partial charge in [-0.2, -0.15) is 0 Å². The lowest BCUT2D eigenvalue weighted by Crippen LogP contribution is -2.46. The summed E-state index contributed by atoms with van der Waals surface area (Å²) < 4.78 is 0. The summed E-state index contributed by atoms with van der Waals surface area (Å²) in [5, 5.41) is 3.52. The van der Waals surface area contributed by atoms with Gasteiger partial charge in [-0.15, -0.1) is 0 Å². The molecule has 0 saturated carbocycles. The summed E-state index contributed by atoms with van der Waals surface area (Å²) in [6, 6.07) is 10.0. The monoisotopic (exact) mass is 232 g/mol. The fourth-order valence-electron chi connectivity index (χ4n) is 3.18. The van der Waals surface area contributed by atoms with E-state index in [1.165, 1.54) is 24.0 Å². The Balaban J connectivity index is 2.28. The third kappa shape index (κ3) is 2.38. The zero-order valence-corrected chi connectivity index (χ0v) is 11.2. The molecule has 2 rings (SSSR count). The maximum Gasteiger partial charge on any atom is 0.0478 e. The minimum Gasteiger partial charge on any atom is -0.312 e. The molecule has 0 amide bonds. The van der Waals surface area contributed by atoms with Gasteiger partial charge in [0, 0.05) is 12.1 Å². The van der Waals surface area contributed by atoms with Crippen molar-refractivity contribution in [2.24, 2.45) is 0 Å². The zero-order chi connectivity index (χ0) is 12.3. The van der Waals surface area contributed by atoms with Gasteiger partial charge >= 0.3 is 0 Å². The van der Waals surface area contributed by atoms with Gasteiger partial charge in [-0.25, -0.2) is 0 Å². The quantitative estimate of drug-likeness (QED) is 0.858. The van der Waals surface area contributed by atoms with Crippen LogP contribution in [0.15, 0.2) is 24.3 Å². The summed E-state index contributed by atoms with van der Waals surface area (Å²) >= 11 is 0. The minimum absolute atomic E-state index is 0.486. The zero-order valence-electron chi connectivity index (χ0n) is 11.2. The molecule has 2 heteroatoms. The predicted molar refractivity (Wildman–Crippen MR) is 73.3 cm³/mol. The first-order valence-corrected chi connectivity index (χ1v) is 6.80. The summed E-state index contributed by atoms with van der Waals surface area (Å²) in [5.41, 5.74) is 3.02. The van der Waals surface area contributed by atoms with Gasteiger partial charge in [0.15, 0.2) is 0 Å². The maximum absolute atomic E-state index is 3.52. The van der Waals surface area contributed by atoms with Crippen LogP contribution in [0.4, 0.5) is 0 Å². The number of hydrogen-bond donors (Lipinski definition) is 1. The molecule has 0 radical (unpaired) electrons. The van der Waals surface area contributed by atoms with Crippen LogP contribution in [0.2, 0.25) is 0 Å². The van der Waals surface area contributed by atoms with Crippen LogP contribution in [0.5, 0.6) is 0 Å². The Morgan fingerprint density at radius 1 is 1.24 bits per heavy atom. The second-order valence-electron chi connectivity index (χ2n) is 4.79. The molecule has 0 fully saturated rings. The number of rotatable bonds is 4.